The first-order valence-electron chi connectivity index (χ1n) is 5.39. The van der Waals surface area contributed by atoms with Crippen LogP contribution in [0.2, 0.25) is 0 Å². The van der Waals surface area contributed by atoms with Gasteiger partial charge in [-0.15, -0.1) is 0 Å². The number of nitrogens with two attached hydrogens (primary N) is 1. The summed E-state index contributed by atoms with van der Waals surface area (Å²) < 4.78 is 19.9. The first kappa shape index (κ1) is 9.16. The quantitative estimate of drug-likeness (QED) is 0.763. The molecule has 2 nitrogen and oxygen atoms in total. The summed E-state index contributed by atoms with van der Waals surface area (Å²) in [5.41, 5.74) is 6.25. The van der Waals surface area contributed by atoms with Gasteiger partial charge in [-0.05, 0) is 5.56 Å². The maximum absolute atomic E-state index is 14.4. The molecule has 1 heterocycles. The number of hydrogen-bond acceptors (Lipinski definition) is 2. The van der Waals surface area contributed by atoms with Gasteiger partial charge in [-0.25, -0.2) is 4.39 Å². The maximum Gasteiger partial charge on any atom is 0.142 e. The fourth-order valence-corrected chi connectivity index (χ4v) is 2.56. The van der Waals surface area contributed by atoms with Crippen LogP contribution in [-0.4, -0.2) is 12.6 Å². The van der Waals surface area contributed by atoms with Crippen LogP contribution >= 0.6 is 0 Å². The van der Waals surface area contributed by atoms with Gasteiger partial charge in [-0.2, -0.15) is 0 Å². The summed E-state index contributed by atoms with van der Waals surface area (Å²) >= 11 is 0. The van der Waals surface area contributed by atoms with Crippen molar-refractivity contribution >= 4 is 0 Å². The van der Waals surface area contributed by atoms with E-state index in [1.54, 1.807) is 0 Å². The summed E-state index contributed by atoms with van der Waals surface area (Å²) in [4.78, 5) is 0. The highest BCUT2D eigenvalue weighted by Gasteiger charge is 2.46. The van der Waals surface area contributed by atoms with Gasteiger partial charge >= 0.3 is 0 Å². The van der Waals surface area contributed by atoms with E-state index in [9.17, 15) is 4.39 Å². The van der Waals surface area contributed by atoms with Crippen LogP contribution < -0.4 is 10.5 Å². The average Bonchev–Trinajstić information content (AvgIpc) is 2.62. The standard InChI is InChI=1S/C12H14FNO/c13-12(6-9(14)7-12)10-3-1-2-8-4-5-15-11(8)10/h1-3,9H,4-7,14H2. The summed E-state index contributed by atoms with van der Waals surface area (Å²) in [7, 11) is 0. The Bertz CT molecular complexity index is 399. The topological polar surface area (TPSA) is 35.2 Å². The SMILES string of the molecule is NC1CC(F)(c2cccc3c2OCC3)C1. The second-order valence-electron chi connectivity index (χ2n) is 4.53. The third kappa shape index (κ3) is 1.26. The predicted molar refractivity (Wildman–Crippen MR) is 55.6 cm³/mol. The van der Waals surface area contributed by atoms with Crippen molar-refractivity contribution in [3.63, 3.8) is 0 Å². The van der Waals surface area contributed by atoms with Gasteiger partial charge < -0.3 is 10.5 Å². The van der Waals surface area contributed by atoms with Crippen molar-refractivity contribution in [3.05, 3.63) is 29.3 Å². The van der Waals surface area contributed by atoms with E-state index in [1.807, 2.05) is 18.2 Å². The van der Waals surface area contributed by atoms with E-state index in [1.165, 1.54) is 0 Å². The van der Waals surface area contributed by atoms with Crippen molar-refractivity contribution in [2.75, 3.05) is 6.61 Å². The molecule has 1 aromatic carbocycles. The van der Waals surface area contributed by atoms with Gasteiger partial charge in [0.1, 0.15) is 11.4 Å². The fourth-order valence-electron chi connectivity index (χ4n) is 2.56. The van der Waals surface area contributed by atoms with Gasteiger partial charge in [0.25, 0.3) is 0 Å². The predicted octanol–water partition coefficient (Wildman–Crippen LogP) is 1.91. The highest BCUT2D eigenvalue weighted by atomic mass is 19.1. The molecule has 0 aromatic heterocycles. The molecule has 15 heavy (non-hydrogen) atoms. The number of ether oxygens (including phenoxy) is 1. The Morgan fingerprint density at radius 1 is 1.40 bits per heavy atom. The second-order valence-corrected chi connectivity index (χ2v) is 4.53. The Kier molecular flexibility index (Phi) is 1.80. The highest BCUT2D eigenvalue weighted by molar-refractivity contribution is 5.48. The van der Waals surface area contributed by atoms with Crippen molar-refractivity contribution in [3.8, 4) is 5.75 Å². The molecule has 0 radical (unpaired) electrons. The number of halogens is 1. The molecule has 3 rings (SSSR count). The van der Waals surface area contributed by atoms with Crippen molar-refractivity contribution < 1.29 is 9.13 Å². The molecule has 1 aliphatic heterocycles. The van der Waals surface area contributed by atoms with Crippen LogP contribution in [-0.2, 0) is 12.1 Å². The van der Waals surface area contributed by atoms with Crippen molar-refractivity contribution in [2.24, 2.45) is 5.73 Å². The molecule has 0 unspecified atom stereocenters. The minimum atomic E-state index is -1.24. The van der Waals surface area contributed by atoms with Crippen LogP contribution in [0.5, 0.6) is 5.75 Å². The molecule has 2 aliphatic rings. The van der Waals surface area contributed by atoms with Crippen LogP contribution in [0.15, 0.2) is 18.2 Å². The highest BCUT2D eigenvalue weighted by Crippen LogP contribution is 2.49. The number of para-hydroxylation sites is 1. The van der Waals surface area contributed by atoms with Crippen molar-refractivity contribution in [1.82, 2.24) is 0 Å². The van der Waals surface area contributed by atoms with E-state index < -0.39 is 5.67 Å². The van der Waals surface area contributed by atoms with Crippen LogP contribution in [0.25, 0.3) is 0 Å². The Labute approximate surface area is 88.2 Å². The summed E-state index contributed by atoms with van der Waals surface area (Å²) in [6, 6.07) is 5.75. The number of benzene rings is 1. The Balaban J connectivity index is 2.02. The monoisotopic (exact) mass is 207 g/mol. The Hall–Kier alpha value is -1.09. The van der Waals surface area contributed by atoms with E-state index in [4.69, 9.17) is 10.5 Å². The van der Waals surface area contributed by atoms with E-state index in [2.05, 4.69) is 0 Å². The van der Waals surface area contributed by atoms with Gasteiger partial charge in [0, 0.05) is 30.9 Å². The van der Waals surface area contributed by atoms with Gasteiger partial charge in [0.15, 0.2) is 0 Å². The Morgan fingerprint density at radius 2 is 2.20 bits per heavy atom. The zero-order valence-corrected chi connectivity index (χ0v) is 8.50. The molecule has 3 heteroatoms. The lowest BCUT2D eigenvalue weighted by Crippen LogP contribution is -2.46. The van der Waals surface area contributed by atoms with Gasteiger partial charge in [0.05, 0.1) is 6.61 Å². The lowest BCUT2D eigenvalue weighted by Gasteiger charge is -2.40. The van der Waals surface area contributed by atoms with Crippen LogP contribution in [0.1, 0.15) is 24.0 Å². The van der Waals surface area contributed by atoms with E-state index >= 15 is 0 Å². The first-order valence-corrected chi connectivity index (χ1v) is 5.39. The van der Waals surface area contributed by atoms with E-state index in [0.717, 1.165) is 17.7 Å². The van der Waals surface area contributed by atoms with Crippen molar-refractivity contribution in [2.45, 2.75) is 31.0 Å². The number of fused-ring (bicyclic) bond motifs is 1. The van der Waals surface area contributed by atoms with Crippen molar-refractivity contribution in [1.29, 1.82) is 0 Å². The molecule has 0 atom stereocenters. The van der Waals surface area contributed by atoms with Gasteiger partial charge in [-0.3, -0.25) is 0 Å². The molecule has 0 saturated heterocycles. The summed E-state index contributed by atoms with van der Waals surface area (Å²) in [6.45, 7) is 0.675. The first-order chi connectivity index (χ1) is 7.19. The third-order valence-corrected chi connectivity index (χ3v) is 3.37. The smallest absolute Gasteiger partial charge is 0.142 e. The van der Waals surface area contributed by atoms with Gasteiger partial charge in [0.2, 0.25) is 0 Å². The molecule has 2 N–H and O–H groups in total. The average molecular weight is 207 g/mol. The lowest BCUT2D eigenvalue weighted by atomic mass is 9.72. The fraction of sp³-hybridized carbons (Fsp3) is 0.500. The normalized spacial score (nSPS) is 33.1. The molecule has 80 valence electrons. The van der Waals surface area contributed by atoms with E-state index in [0.29, 0.717) is 25.0 Å². The molecular weight excluding hydrogens is 193 g/mol. The zero-order valence-electron chi connectivity index (χ0n) is 8.50. The number of alkyl halides is 1. The molecular formula is C12H14FNO. The molecule has 1 aliphatic carbocycles. The zero-order chi connectivity index (χ0) is 10.5. The largest absolute Gasteiger partial charge is 0.493 e. The Morgan fingerprint density at radius 3 is 2.93 bits per heavy atom. The molecule has 1 saturated carbocycles. The van der Waals surface area contributed by atoms with Crippen LogP contribution in [0.4, 0.5) is 4.39 Å². The summed E-state index contributed by atoms with van der Waals surface area (Å²) in [6.07, 6.45) is 1.74. The summed E-state index contributed by atoms with van der Waals surface area (Å²) in [5, 5.41) is 0. The minimum Gasteiger partial charge on any atom is -0.493 e. The number of hydrogen-bond donors (Lipinski definition) is 1. The molecule has 0 amide bonds. The molecule has 1 aromatic rings. The van der Waals surface area contributed by atoms with Gasteiger partial charge in [-0.1, -0.05) is 18.2 Å². The lowest BCUT2D eigenvalue weighted by molar-refractivity contribution is 0.0380. The molecule has 0 spiro atoms. The van der Waals surface area contributed by atoms with Crippen LogP contribution in [0.3, 0.4) is 0 Å². The summed E-state index contributed by atoms with van der Waals surface area (Å²) in [5.74, 6) is 0.770. The van der Waals surface area contributed by atoms with E-state index in [-0.39, 0.29) is 6.04 Å². The second kappa shape index (κ2) is 2.95. The molecule has 1 fully saturated rings. The maximum atomic E-state index is 14.4. The van der Waals surface area contributed by atoms with Crippen LogP contribution in [0, 0.1) is 0 Å². The molecule has 0 bridgehead atoms. The minimum absolute atomic E-state index is 0.00672. The third-order valence-electron chi connectivity index (χ3n) is 3.37. The number of rotatable bonds is 1.